The van der Waals surface area contributed by atoms with Gasteiger partial charge in [-0.15, -0.1) is 0 Å². The number of nitrogens with zero attached hydrogens (tertiary/aromatic N) is 2. The number of carbonyl (C=O) groups excluding carboxylic acids is 1. The molecule has 1 N–H and O–H groups in total. The fourth-order valence-electron chi connectivity index (χ4n) is 4.15. The van der Waals surface area contributed by atoms with E-state index in [4.69, 9.17) is 6.57 Å². The van der Waals surface area contributed by atoms with Crippen molar-refractivity contribution in [2.75, 3.05) is 25.0 Å². The summed E-state index contributed by atoms with van der Waals surface area (Å²) in [6, 6.07) is 3.73. The largest absolute Gasteiger partial charge is 0.321 e. The van der Waals surface area contributed by atoms with Crippen molar-refractivity contribution >= 4 is 17.3 Å². The van der Waals surface area contributed by atoms with Crippen LogP contribution in [0.1, 0.15) is 50.7 Å². The lowest BCUT2D eigenvalue weighted by atomic mass is 10.0. The van der Waals surface area contributed by atoms with Gasteiger partial charge in [0.25, 0.3) is 5.91 Å². The number of likely N-dealkylation sites (tertiary alicyclic amines) is 1. The van der Waals surface area contributed by atoms with E-state index in [9.17, 15) is 4.79 Å². The molecule has 1 fully saturated rings. The summed E-state index contributed by atoms with van der Waals surface area (Å²) >= 11 is 0. The minimum absolute atomic E-state index is 0.0295. The van der Waals surface area contributed by atoms with E-state index in [1.807, 2.05) is 26.0 Å². The van der Waals surface area contributed by atoms with E-state index >= 15 is 0 Å². The van der Waals surface area contributed by atoms with Crippen LogP contribution in [0.5, 0.6) is 0 Å². The van der Waals surface area contributed by atoms with Crippen LogP contribution in [-0.4, -0.2) is 36.1 Å². The van der Waals surface area contributed by atoms with Gasteiger partial charge < -0.3 is 9.80 Å². The van der Waals surface area contributed by atoms with Crippen LogP contribution in [-0.2, 0) is 4.79 Å². The summed E-state index contributed by atoms with van der Waals surface area (Å²) in [6.45, 7) is 18.7. The molecule has 4 nitrogen and oxygen atoms in total. The summed E-state index contributed by atoms with van der Waals surface area (Å²) in [7, 11) is 0. The van der Waals surface area contributed by atoms with E-state index in [2.05, 4.69) is 24.0 Å². The van der Waals surface area contributed by atoms with Crippen molar-refractivity contribution in [2.45, 2.75) is 59.4 Å². The van der Waals surface area contributed by atoms with Crippen LogP contribution in [0.4, 0.5) is 11.4 Å². The number of aryl methyl sites for hydroxylation is 2. The minimum atomic E-state index is 0.0295. The number of nitrogens with one attached hydrogen (secondary N) is 1. The molecule has 1 amide bonds. The van der Waals surface area contributed by atoms with Gasteiger partial charge in [0, 0.05) is 24.9 Å². The van der Waals surface area contributed by atoms with E-state index in [-0.39, 0.29) is 11.9 Å². The van der Waals surface area contributed by atoms with Crippen LogP contribution in [0.2, 0.25) is 0 Å². The van der Waals surface area contributed by atoms with Gasteiger partial charge in [0.2, 0.25) is 0 Å². The molecule has 2 rings (SSSR count). The topological polar surface area (TPSA) is 33.5 Å². The molecule has 1 unspecified atom stereocenters. The molecule has 1 atom stereocenters. The van der Waals surface area contributed by atoms with E-state index < -0.39 is 0 Å². The Kier molecular flexibility index (Phi) is 6.01. The first kappa shape index (κ1) is 18.5. The molecule has 4 heteroatoms. The summed E-state index contributed by atoms with van der Waals surface area (Å²) in [6.07, 6.45) is 4.39. The van der Waals surface area contributed by atoms with E-state index in [1.165, 1.54) is 12.8 Å². The Balaban J connectivity index is 2.27. The summed E-state index contributed by atoms with van der Waals surface area (Å²) in [5.74, 6) is 0.141. The fourth-order valence-corrected chi connectivity index (χ4v) is 4.15. The zero-order valence-electron chi connectivity index (χ0n) is 15.5. The number of hydrogen-bond donors (Lipinski definition) is 1. The van der Waals surface area contributed by atoms with E-state index in [0.29, 0.717) is 5.69 Å². The molecule has 0 spiro atoms. The van der Waals surface area contributed by atoms with Crippen molar-refractivity contribution in [3.63, 3.8) is 0 Å². The molecule has 0 radical (unpaired) electrons. The second-order valence-electron chi connectivity index (χ2n) is 7.05. The Morgan fingerprint density at radius 2 is 1.83 bits per heavy atom. The molecule has 0 aliphatic carbocycles. The molecule has 1 aliphatic rings. The summed E-state index contributed by atoms with van der Waals surface area (Å²) in [4.78, 5) is 16.6. The monoisotopic (exact) mass is 328 g/mol. The Morgan fingerprint density at radius 1 is 1.25 bits per heavy atom. The lowest BCUT2D eigenvalue weighted by molar-refractivity contribution is -0.930. The molecule has 1 aromatic rings. The molecule has 0 saturated carbocycles. The maximum atomic E-state index is 13.1. The van der Waals surface area contributed by atoms with Crippen LogP contribution in [0.15, 0.2) is 12.1 Å². The first-order valence-corrected chi connectivity index (χ1v) is 9.12. The van der Waals surface area contributed by atoms with Crippen molar-refractivity contribution < 1.29 is 9.28 Å². The van der Waals surface area contributed by atoms with Gasteiger partial charge in [0.1, 0.15) is 0 Å². The highest BCUT2D eigenvalue weighted by Gasteiger charge is 2.42. The zero-order chi connectivity index (χ0) is 17.7. The quantitative estimate of drug-likeness (QED) is 0.601. The van der Waals surface area contributed by atoms with E-state index in [1.54, 1.807) is 0 Å². The van der Waals surface area contributed by atoms with Crippen molar-refractivity contribution in [3.05, 3.63) is 34.7 Å². The third kappa shape index (κ3) is 3.62. The average Bonchev–Trinajstić information content (AvgIpc) is 3.05. The Bertz CT molecular complexity index is 616. The number of quaternary nitrogens is 1. The molecule has 0 bridgehead atoms. The van der Waals surface area contributed by atoms with Gasteiger partial charge in [0.05, 0.1) is 26.2 Å². The van der Waals surface area contributed by atoms with Crippen molar-refractivity contribution in [2.24, 2.45) is 0 Å². The van der Waals surface area contributed by atoms with Gasteiger partial charge in [-0.3, -0.25) is 4.79 Å². The van der Waals surface area contributed by atoms with Crippen molar-refractivity contribution in [1.29, 1.82) is 0 Å². The van der Waals surface area contributed by atoms with Gasteiger partial charge >= 0.3 is 0 Å². The molecule has 1 aliphatic heterocycles. The molecular formula is C20H30N3O+. The van der Waals surface area contributed by atoms with Crippen molar-refractivity contribution in [3.8, 4) is 0 Å². The number of likely N-dealkylation sites (N-methyl/N-ethyl adjacent to an activating group) is 1. The number of hydrogen-bond acceptors (Lipinski definition) is 1. The number of amides is 1. The number of rotatable bonds is 6. The first-order valence-electron chi connectivity index (χ1n) is 9.12. The lowest BCUT2D eigenvalue weighted by Gasteiger charge is -2.40. The molecule has 0 aromatic heterocycles. The summed E-state index contributed by atoms with van der Waals surface area (Å²) in [5, 5.41) is 3.19. The molecule has 1 aromatic carbocycles. The van der Waals surface area contributed by atoms with Gasteiger partial charge in [-0.2, -0.15) is 0 Å². The predicted molar refractivity (Wildman–Crippen MR) is 99.3 cm³/mol. The molecule has 24 heavy (non-hydrogen) atoms. The second-order valence-corrected chi connectivity index (χ2v) is 7.05. The number of benzene rings is 1. The third-order valence-corrected chi connectivity index (χ3v) is 5.51. The Hall–Kier alpha value is -1.86. The maximum absolute atomic E-state index is 13.1. The minimum Gasteiger partial charge on any atom is -0.321 e. The van der Waals surface area contributed by atoms with Crippen LogP contribution in [0.25, 0.3) is 4.85 Å². The fraction of sp³-hybridized carbons (Fsp3) is 0.600. The average molecular weight is 328 g/mol. The van der Waals surface area contributed by atoms with Crippen LogP contribution in [0, 0.1) is 20.4 Å². The lowest BCUT2D eigenvalue weighted by Crippen LogP contribution is -2.58. The SMILES string of the molecule is [C-]#[N+]c1cc(C)c(NC(=O)C(CCC)[N+]2(CC)CCCC2)c(C)c1. The molecule has 130 valence electrons. The second kappa shape index (κ2) is 7.81. The van der Waals surface area contributed by atoms with Crippen LogP contribution < -0.4 is 5.32 Å². The number of carbonyl (C=O) groups is 1. The van der Waals surface area contributed by atoms with Gasteiger partial charge in [0.15, 0.2) is 11.7 Å². The standard InChI is InChI=1S/C20H29N3O/c1-6-10-18(23(7-2)11-8-9-12-23)20(24)22-19-15(3)13-17(21-5)14-16(19)4/h13-14,18H,6-12H2,1-4H3/p+1. The van der Waals surface area contributed by atoms with Crippen LogP contribution in [0.3, 0.4) is 0 Å². The Labute approximate surface area is 146 Å². The zero-order valence-corrected chi connectivity index (χ0v) is 15.5. The molecule has 1 saturated heterocycles. The number of anilines is 1. The Morgan fingerprint density at radius 3 is 2.29 bits per heavy atom. The summed E-state index contributed by atoms with van der Waals surface area (Å²) < 4.78 is 0.928. The first-order chi connectivity index (χ1) is 11.5. The van der Waals surface area contributed by atoms with Crippen LogP contribution >= 0.6 is 0 Å². The summed E-state index contributed by atoms with van der Waals surface area (Å²) in [5.41, 5.74) is 3.44. The van der Waals surface area contributed by atoms with Crippen molar-refractivity contribution in [1.82, 2.24) is 0 Å². The highest BCUT2D eigenvalue weighted by atomic mass is 16.2. The molecule has 1 heterocycles. The van der Waals surface area contributed by atoms with Gasteiger partial charge in [-0.05, 0) is 38.3 Å². The van der Waals surface area contributed by atoms with Gasteiger partial charge in [-0.1, -0.05) is 19.1 Å². The van der Waals surface area contributed by atoms with Gasteiger partial charge in [-0.25, -0.2) is 4.85 Å². The van der Waals surface area contributed by atoms with E-state index in [0.717, 1.165) is 53.8 Å². The highest BCUT2D eigenvalue weighted by Crippen LogP contribution is 2.30. The highest BCUT2D eigenvalue weighted by molar-refractivity contribution is 5.95. The normalized spacial score (nSPS) is 17.3. The maximum Gasteiger partial charge on any atom is 0.282 e. The third-order valence-electron chi connectivity index (χ3n) is 5.51. The molecular weight excluding hydrogens is 298 g/mol. The predicted octanol–water partition coefficient (Wildman–Crippen LogP) is 4.59. The smallest absolute Gasteiger partial charge is 0.282 e.